The average molecular weight is 351 g/mol. The van der Waals surface area contributed by atoms with Crippen LogP contribution in [0.4, 0.5) is 5.69 Å². The molecule has 9 heteroatoms. The lowest BCUT2D eigenvalue weighted by Crippen LogP contribution is -2.54. The maximum absolute atomic E-state index is 12.0. The van der Waals surface area contributed by atoms with E-state index in [2.05, 4.69) is 10.6 Å². The van der Waals surface area contributed by atoms with Crippen molar-refractivity contribution in [3.05, 3.63) is 39.4 Å². The van der Waals surface area contributed by atoms with Crippen molar-refractivity contribution in [1.82, 2.24) is 10.6 Å². The van der Waals surface area contributed by atoms with Crippen molar-refractivity contribution in [2.75, 3.05) is 6.54 Å². The van der Waals surface area contributed by atoms with Crippen molar-refractivity contribution in [3.8, 4) is 0 Å². The molecule has 1 rings (SSSR count). The molecular formula is C16H21N3O6. The number of nitro groups is 1. The summed E-state index contributed by atoms with van der Waals surface area (Å²) in [5.74, 6) is -2.37. The van der Waals surface area contributed by atoms with Crippen molar-refractivity contribution in [1.29, 1.82) is 0 Å². The molecule has 0 aliphatic heterocycles. The van der Waals surface area contributed by atoms with Gasteiger partial charge in [-0.3, -0.25) is 19.7 Å². The molecule has 1 aromatic rings. The molecule has 0 aliphatic carbocycles. The Kier molecular flexibility index (Phi) is 6.60. The molecule has 0 spiro atoms. The van der Waals surface area contributed by atoms with Crippen LogP contribution in [0.2, 0.25) is 0 Å². The second-order valence-electron chi connectivity index (χ2n) is 5.88. The monoisotopic (exact) mass is 351 g/mol. The van der Waals surface area contributed by atoms with Gasteiger partial charge in [-0.2, -0.15) is 0 Å². The van der Waals surface area contributed by atoms with Crippen LogP contribution in [0.25, 0.3) is 0 Å². The third-order valence-electron chi connectivity index (χ3n) is 3.70. The first-order valence-corrected chi connectivity index (χ1v) is 7.68. The van der Waals surface area contributed by atoms with E-state index in [1.54, 1.807) is 6.92 Å². The fraction of sp³-hybridized carbons (Fsp3) is 0.438. The Balaban J connectivity index is 2.70. The fourth-order valence-corrected chi connectivity index (χ4v) is 2.34. The highest BCUT2D eigenvalue weighted by Crippen LogP contribution is 2.18. The highest BCUT2D eigenvalue weighted by atomic mass is 16.6. The van der Waals surface area contributed by atoms with Gasteiger partial charge >= 0.3 is 5.97 Å². The molecule has 0 heterocycles. The largest absolute Gasteiger partial charge is 0.480 e. The van der Waals surface area contributed by atoms with Gasteiger partial charge in [0.1, 0.15) is 5.54 Å². The molecule has 2 amide bonds. The van der Waals surface area contributed by atoms with E-state index in [0.717, 1.165) is 0 Å². The molecule has 136 valence electrons. The third-order valence-corrected chi connectivity index (χ3v) is 3.70. The molecule has 0 fully saturated rings. The first-order valence-electron chi connectivity index (χ1n) is 7.68. The van der Waals surface area contributed by atoms with Gasteiger partial charge in [0.05, 0.1) is 11.5 Å². The molecule has 25 heavy (non-hydrogen) atoms. The van der Waals surface area contributed by atoms with E-state index >= 15 is 0 Å². The molecule has 1 atom stereocenters. The number of aliphatic carboxylic acids is 1. The van der Waals surface area contributed by atoms with Gasteiger partial charge < -0.3 is 15.7 Å². The van der Waals surface area contributed by atoms with Crippen LogP contribution in [-0.4, -0.2) is 39.9 Å². The molecular weight excluding hydrogens is 330 g/mol. The summed E-state index contributed by atoms with van der Waals surface area (Å²) in [5, 5.41) is 24.7. The molecule has 9 nitrogen and oxygen atoms in total. The summed E-state index contributed by atoms with van der Waals surface area (Å²) in [4.78, 5) is 45.4. The van der Waals surface area contributed by atoms with Crippen LogP contribution in [0, 0.1) is 17.0 Å². The number of carboxylic acids is 1. The Hall–Kier alpha value is -2.97. The van der Waals surface area contributed by atoms with Crippen molar-refractivity contribution in [2.24, 2.45) is 0 Å². The summed E-state index contributed by atoms with van der Waals surface area (Å²) >= 11 is 0. The lowest BCUT2D eigenvalue weighted by Gasteiger charge is -2.25. The summed E-state index contributed by atoms with van der Waals surface area (Å²) in [5.41, 5.74) is -1.01. The standard InChI is InChI=1S/C16H21N3O6/c1-4-7-16(3,15(22)23)18-13(20)9-17-14(21)11-5-6-12(19(24)25)10(2)8-11/h5-6,8H,4,7,9H2,1-3H3,(H,17,21)(H,18,20)(H,22,23). The molecule has 0 bridgehead atoms. The minimum atomic E-state index is -1.40. The topological polar surface area (TPSA) is 139 Å². The number of carbonyl (C=O) groups excluding carboxylic acids is 2. The number of hydrogen-bond donors (Lipinski definition) is 3. The summed E-state index contributed by atoms with van der Waals surface area (Å²) < 4.78 is 0. The second kappa shape index (κ2) is 8.22. The number of benzene rings is 1. The second-order valence-corrected chi connectivity index (χ2v) is 5.88. The Morgan fingerprint density at radius 2 is 1.96 bits per heavy atom. The van der Waals surface area contributed by atoms with Gasteiger partial charge in [0.15, 0.2) is 0 Å². The highest BCUT2D eigenvalue weighted by molar-refractivity contribution is 5.97. The van der Waals surface area contributed by atoms with Crippen LogP contribution in [0.5, 0.6) is 0 Å². The molecule has 0 aromatic heterocycles. The van der Waals surface area contributed by atoms with Gasteiger partial charge in [0.2, 0.25) is 5.91 Å². The fourth-order valence-electron chi connectivity index (χ4n) is 2.34. The summed E-state index contributed by atoms with van der Waals surface area (Å²) in [7, 11) is 0. The van der Waals surface area contributed by atoms with Crippen molar-refractivity contribution < 1.29 is 24.4 Å². The van der Waals surface area contributed by atoms with E-state index in [4.69, 9.17) is 0 Å². The molecule has 1 unspecified atom stereocenters. The van der Waals surface area contributed by atoms with Gasteiger partial charge in [0, 0.05) is 17.2 Å². The quantitative estimate of drug-likeness (QED) is 0.478. The predicted octanol–water partition coefficient (Wildman–Crippen LogP) is 1.39. The van der Waals surface area contributed by atoms with E-state index in [9.17, 15) is 29.6 Å². The van der Waals surface area contributed by atoms with Gasteiger partial charge in [-0.1, -0.05) is 13.3 Å². The van der Waals surface area contributed by atoms with Crippen LogP contribution in [0.1, 0.15) is 42.6 Å². The summed E-state index contributed by atoms with van der Waals surface area (Å²) in [6.07, 6.45) is 0.821. The number of carboxylic acid groups (broad SMARTS) is 1. The number of carbonyl (C=O) groups is 3. The lowest BCUT2D eigenvalue weighted by molar-refractivity contribution is -0.385. The number of hydrogen-bond acceptors (Lipinski definition) is 5. The Labute approximate surface area is 144 Å². The average Bonchev–Trinajstić information content (AvgIpc) is 2.52. The summed E-state index contributed by atoms with van der Waals surface area (Å²) in [6, 6.07) is 3.85. The van der Waals surface area contributed by atoms with Crippen LogP contribution in [0.3, 0.4) is 0 Å². The van der Waals surface area contributed by atoms with Gasteiger partial charge in [-0.05, 0) is 32.4 Å². The van der Waals surface area contributed by atoms with Crippen LogP contribution < -0.4 is 10.6 Å². The van der Waals surface area contributed by atoms with Crippen LogP contribution >= 0.6 is 0 Å². The minimum absolute atomic E-state index is 0.105. The van der Waals surface area contributed by atoms with E-state index in [0.29, 0.717) is 12.0 Å². The first-order chi connectivity index (χ1) is 11.6. The highest BCUT2D eigenvalue weighted by Gasteiger charge is 2.33. The first kappa shape index (κ1) is 20.1. The molecule has 0 saturated carbocycles. The Bertz CT molecular complexity index is 703. The molecule has 1 aromatic carbocycles. The van der Waals surface area contributed by atoms with Gasteiger partial charge in [0.25, 0.3) is 11.6 Å². The third kappa shape index (κ3) is 5.27. The molecule has 3 N–H and O–H groups in total. The molecule has 0 saturated heterocycles. The minimum Gasteiger partial charge on any atom is -0.480 e. The van der Waals surface area contributed by atoms with E-state index in [1.807, 2.05) is 0 Å². The van der Waals surface area contributed by atoms with Crippen LogP contribution in [0.15, 0.2) is 18.2 Å². The van der Waals surface area contributed by atoms with Crippen molar-refractivity contribution >= 4 is 23.5 Å². The van der Waals surface area contributed by atoms with E-state index in [-0.39, 0.29) is 17.7 Å². The molecule has 0 radical (unpaired) electrons. The van der Waals surface area contributed by atoms with E-state index in [1.165, 1.54) is 32.0 Å². The predicted molar refractivity (Wildman–Crippen MR) is 89.3 cm³/mol. The maximum Gasteiger partial charge on any atom is 0.329 e. The zero-order valence-electron chi connectivity index (χ0n) is 14.3. The molecule has 0 aliphatic rings. The summed E-state index contributed by atoms with van der Waals surface area (Å²) in [6.45, 7) is 4.30. The maximum atomic E-state index is 12.0. The number of amides is 2. The van der Waals surface area contributed by atoms with Crippen molar-refractivity contribution in [3.63, 3.8) is 0 Å². The Morgan fingerprint density at radius 3 is 2.44 bits per heavy atom. The smallest absolute Gasteiger partial charge is 0.329 e. The van der Waals surface area contributed by atoms with E-state index < -0.39 is 34.8 Å². The number of aryl methyl sites for hydroxylation is 1. The number of rotatable bonds is 8. The SMILES string of the molecule is CCCC(C)(NC(=O)CNC(=O)c1ccc([N+](=O)[O-])c(C)c1)C(=O)O. The Morgan fingerprint density at radius 1 is 1.32 bits per heavy atom. The zero-order chi connectivity index (χ0) is 19.2. The van der Waals surface area contributed by atoms with Gasteiger partial charge in [-0.15, -0.1) is 0 Å². The van der Waals surface area contributed by atoms with Crippen LogP contribution in [-0.2, 0) is 9.59 Å². The zero-order valence-corrected chi connectivity index (χ0v) is 14.3. The number of nitro benzene ring substituents is 1. The van der Waals surface area contributed by atoms with Crippen molar-refractivity contribution in [2.45, 2.75) is 39.2 Å². The number of nitrogens with zero attached hydrogens (tertiary/aromatic N) is 1. The normalized spacial score (nSPS) is 12.8. The lowest BCUT2D eigenvalue weighted by atomic mass is 9.96. The number of nitrogens with one attached hydrogen (secondary N) is 2. The van der Waals surface area contributed by atoms with Gasteiger partial charge in [-0.25, -0.2) is 4.79 Å².